The predicted molar refractivity (Wildman–Crippen MR) is 79.6 cm³/mol. The molecule has 0 bridgehead atoms. The summed E-state index contributed by atoms with van der Waals surface area (Å²) in [5.41, 5.74) is 1.05. The molecular weight excluding hydrogens is 238 g/mol. The number of aromatic nitrogens is 2. The van der Waals surface area contributed by atoms with Crippen LogP contribution in [0.4, 0.5) is 5.95 Å². The molecule has 106 valence electrons. The van der Waals surface area contributed by atoms with E-state index in [2.05, 4.69) is 51.5 Å². The van der Waals surface area contributed by atoms with Crippen molar-refractivity contribution in [2.75, 3.05) is 45.6 Å². The molecule has 1 N–H and O–H groups in total. The van der Waals surface area contributed by atoms with Gasteiger partial charge in [-0.1, -0.05) is 6.08 Å². The first-order valence-electron chi connectivity index (χ1n) is 6.87. The van der Waals surface area contributed by atoms with Crippen LogP contribution in [0.1, 0.15) is 5.69 Å². The van der Waals surface area contributed by atoms with E-state index in [1.165, 1.54) is 0 Å². The van der Waals surface area contributed by atoms with Crippen LogP contribution in [0.5, 0.6) is 0 Å². The summed E-state index contributed by atoms with van der Waals surface area (Å²) < 4.78 is 2.22. The van der Waals surface area contributed by atoms with Gasteiger partial charge in [-0.15, -0.1) is 6.58 Å². The quantitative estimate of drug-likeness (QED) is 0.805. The molecular formula is C14H25N5. The molecule has 0 saturated carbocycles. The van der Waals surface area contributed by atoms with Crippen LogP contribution in [-0.2, 0) is 6.54 Å². The van der Waals surface area contributed by atoms with Gasteiger partial charge in [-0.05, 0) is 21.0 Å². The van der Waals surface area contributed by atoms with Crippen molar-refractivity contribution < 1.29 is 0 Å². The van der Waals surface area contributed by atoms with Crippen LogP contribution in [0, 0.1) is 6.92 Å². The first-order chi connectivity index (χ1) is 9.10. The number of anilines is 1. The normalized spacial score (nSPS) is 21.5. The predicted octanol–water partition coefficient (Wildman–Crippen LogP) is 1.04. The molecule has 2 rings (SSSR count). The van der Waals surface area contributed by atoms with Crippen LogP contribution in [0.3, 0.4) is 0 Å². The maximum absolute atomic E-state index is 4.53. The SMILES string of the molecule is C=CCNc1nc(C)cn1CC1CN(C)CCN1C. The fraction of sp³-hybridized carbons (Fsp3) is 0.643. The molecule has 19 heavy (non-hydrogen) atoms. The lowest BCUT2D eigenvalue weighted by Crippen LogP contribution is -2.51. The van der Waals surface area contributed by atoms with Crippen molar-refractivity contribution in [1.29, 1.82) is 0 Å². The smallest absolute Gasteiger partial charge is 0.203 e. The van der Waals surface area contributed by atoms with Gasteiger partial charge in [-0.3, -0.25) is 4.90 Å². The Morgan fingerprint density at radius 2 is 2.26 bits per heavy atom. The summed E-state index contributed by atoms with van der Waals surface area (Å²) in [4.78, 5) is 9.36. The lowest BCUT2D eigenvalue weighted by Gasteiger charge is -2.38. The molecule has 0 aliphatic carbocycles. The van der Waals surface area contributed by atoms with Crippen LogP contribution < -0.4 is 5.32 Å². The van der Waals surface area contributed by atoms with E-state index < -0.39 is 0 Å². The standard InChI is InChI=1S/C14H25N5/c1-5-6-15-14-16-12(2)9-19(14)11-13-10-17(3)7-8-18(13)4/h5,9,13H,1,6-8,10-11H2,2-4H3,(H,15,16). The molecule has 5 nitrogen and oxygen atoms in total. The topological polar surface area (TPSA) is 36.3 Å². The van der Waals surface area contributed by atoms with Crippen LogP contribution in [0.15, 0.2) is 18.9 Å². The van der Waals surface area contributed by atoms with E-state index in [1.807, 2.05) is 13.0 Å². The number of hydrogen-bond acceptors (Lipinski definition) is 4. The fourth-order valence-electron chi connectivity index (χ4n) is 2.52. The van der Waals surface area contributed by atoms with Gasteiger partial charge in [0.2, 0.25) is 5.95 Å². The summed E-state index contributed by atoms with van der Waals surface area (Å²) in [5, 5.41) is 3.30. The Balaban J connectivity index is 2.06. The van der Waals surface area contributed by atoms with E-state index in [0.29, 0.717) is 6.04 Å². The molecule has 1 aliphatic rings. The van der Waals surface area contributed by atoms with Crippen molar-refractivity contribution in [3.63, 3.8) is 0 Å². The zero-order chi connectivity index (χ0) is 13.8. The fourth-order valence-corrected chi connectivity index (χ4v) is 2.52. The summed E-state index contributed by atoms with van der Waals surface area (Å²) >= 11 is 0. The highest BCUT2D eigenvalue weighted by atomic mass is 15.3. The van der Waals surface area contributed by atoms with Crippen LogP contribution in [-0.4, -0.2) is 65.7 Å². The summed E-state index contributed by atoms with van der Waals surface area (Å²) in [6, 6.07) is 0.539. The van der Waals surface area contributed by atoms with Gasteiger partial charge >= 0.3 is 0 Å². The van der Waals surface area contributed by atoms with Crippen molar-refractivity contribution in [2.24, 2.45) is 0 Å². The highest BCUT2D eigenvalue weighted by Crippen LogP contribution is 2.14. The Bertz CT molecular complexity index is 425. The first kappa shape index (κ1) is 14.1. The van der Waals surface area contributed by atoms with Gasteiger partial charge in [0.25, 0.3) is 0 Å². The van der Waals surface area contributed by atoms with Gasteiger partial charge in [-0.25, -0.2) is 4.98 Å². The number of piperazine rings is 1. The van der Waals surface area contributed by atoms with Gasteiger partial charge in [0.1, 0.15) is 0 Å². The van der Waals surface area contributed by atoms with Gasteiger partial charge in [0.05, 0.1) is 5.69 Å². The lowest BCUT2D eigenvalue weighted by atomic mass is 10.2. The van der Waals surface area contributed by atoms with Crippen molar-refractivity contribution >= 4 is 5.95 Å². The summed E-state index contributed by atoms with van der Waals surface area (Å²) in [7, 11) is 4.40. The molecule has 1 fully saturated rings. The monoisotopic (exact) mass is 263 g/mol. The van der Waals surface area contributed by atoms with E-state index in [4.69, 9.17) is 0 Å². The number of rotatable bonds is 5. The number of hydrogen-bond donors (Lipinski definition) is 1. The van der Waals surface area contributed by atoms with Gasteiger partial charge in [-0.2, -0.15) is 0 Å². The van der Waals surface area contributed by atoms with E-state index in [1.54, 1.807) is 0 Å². The van der Waals surface area contributed by atoms with E-state index in [9.17, 15) is 0 Å². The number of likely N-dealkylation sites (N-methyl/N-ethyl adjacent to an activating group) is 2. The van der Waals surface area contributed by atoms with Crippen molar-refractivity contribution in [1.82, 2.24) is 19.4 Å². The Kier molecular flexibility index (Phi) is 4.61. The van der Waals surface area contributed by atoms with E-state index in [0.717, 1.165) is 44.4 Å². The van der Waals surface area contributed by atoms with Crippen molar-refractivity contribution in [2.45, 2.75) is 19.5 Å². The van der Waals surface area contributed by atoms with E-state index >= 15 is 0 Å². The van der Waals surface area contributed by atoms with Gasteiger partial charge < -0.3 is 14.8 Å². The average molecular weight is 263 g/mol. The van der Waals surface area contributed by atoms with Gasteiger partial charge in [0, 0.05) is 45.0 Å². The molecule has 1 atom stereocenters. The Morgan fingerprint density at radius 3 is 3.00 bits per heavy atom. The molecule has 2 heterocycles. The molecule has 0 amide bonds. The van der Waals surface area contributed by atoms with Crippen LogP contribution in [0.25, 0.3) is 0 Å². The zero-order valence-corrected chi connectivity index (χ0v) is 12.3. The second kappa shape index (κ2) is 6.21. The van der Waals surface area contributed by atoms with Crippen LogP contribution >= 0.6 is 0 Å². The van der Waals surface area contributed by atoms with Crippen molar-refractivity contribution in [3.05, 3.63) is 24.5 Å². The largest absolute Gasteiger partial charge is 0.352 e. The Morgan fingerprint density at radius 1 is 1.47 bits per heavy atom. The number of nitrogens with one attached hydrogen (secondary N) is 1. The third-order valence-corrected chi connectivity index (χ3v) is 3.69. The molecule has 1 aromatic rings. The Hall–Kier alpha value is -1.33. The molecule has 5 heteroatoms. The number of imidazole rings is 1. The molecule has 1 aromatic heterocycles. The molecule has 1 aliphatic heterocycles. The minimum atomic E-state index is 0.539. The second-order valence-corrected chi connectivity index (χ2v) is 5.42. The zero-order valence-electron chi connectivity index (χ0n) is 12.3. The molecule has 1 saturated heterocycles. The summed E-state index contributed by atoms with van der Waals surface area (Å²) in [5.74, 6) is 0.944. The lowest BCUT2D eigenvalue weighted by molar-refractivity contribution is 0.103. The Labute approximate surface area is 115 Å². The average Bonchev–Trinajstić information content (AvgIpc) is 2.71. The maximum Gasteiger partial charge on any atom is 0.203 e. The van der Waals surface area contributed by atoms with E-state index in [-0.39, 0.29) is 0 Å². The minimum Gasteiger partial charge on any atom is -0.352 e. The third kappa shape index (κ3) is 3.58. The third-order valence-electron chi connectivity index (χ3n) is 3.69. The number of aryl methyl sites for hydroxylation is 1. The molecule has 0 aromatic carbocycles. The summed E-state index contributed by atoms with van der Waals surface area (Å²) in [6.07, 6.45) is 3.97. The molecule has 0 radical (unpaired) electrons. The maximum atomic E-state index is 4.53. The molecule has 1 unspecified atom stereocenters. The molecule has 0 spiro atoms. The minimum absolute atomic E-state index is 0.539. The first-order valence-corrected chi connectivity index (χ1v) is 6.87. The van der Waals surface area contributed by atoms with Crippen LogP contribution in [0.2, 0.25) is 0 Å². The summed E-state index contributed by atoms with van der Waals surface area (Å²) in [6.45, 7) is 10.9. The number of nitrogens with zero attached hydrogens (tertiary/aromatic N) is 4. The highest BCUT2D eigenvalue weighted by Gasteiger charge is 2.23. The highest BCUT2D eigenvalue weighted by molar-refractivity contribution is 5.29. The second-order valence-electron chi connectivity index (χ2n) is 5.42. The van der Waals surface area contributed by atoms with Crippen molar-refractivity contribution in [3.8, 4) is 0 Å². The van der Waals surface area contributed by atoms with Gasteiger partial charge in [0.15, 0.2) is 0 Å².